The molecule has 5 nitrogen and oxygen atoms in total. The van der Waals surface area contributed by atoms with Crippen LogP contribution in [0.5, 0.6) is 11.5 Å². The van der Waals surface area contributed by atoms with Crippen molar-refractivity contribution < 1.29 is 14.3 Å². The van der Waals surface area contributed by atoms with Gasteiger partial charge in [0.15, 0.2) is 6.61 Å². The highest BCUT2D eigenvalue weighted by Crippen LogP contribution is 2.25. The molecule has 0 aliphatic heterocycles. The first-order valence-electron chi connectivity index (χ1n) is 9.08. The maximum atomic E-state index is 12.0. The van der Waals surface area contributed by atoms with E-state index in [1.54, 1.807) is 6.21 Å². The lowest BCUT2D eigenvalue weighted by atomic mass is 10.2. The van der Waals surface area contributed by atoms with E-state index < -0.39 is 0 Å². The fourth-order valence-electron chi connectivity index (χ4n) is 2.53. The molecule has 1 N–H and O–H groups in total. The highest BCUT2D eigenvalue weighted by molar-refractivity contribution is 9.10. The van der Waals surface area contributed by atoms with Crippen LogP contribution in [0.4, 0.5) is 0 Å². The Labute approximate surface area is 178 Å². The van der Waals surface area contributed by atoms with E-state index in [9.17, 15) is 4.79 Å². The van der Waals surface area contributed by atoms with Crippen LogP contribution in [0.3, 0.4) is 0 Å². The molecule has 0 aliphatic rings. The number of ether oxygens (including phenoxy) is 2. The molecule has 0 saturated carbocycles. The van der Waals surface area contributed by atoms with Crippen molar-refractivity contribution in [3.63, 3.8) is 0 Å². The molecule has 0 atom stereocenters. The van der Waals surface area contributed by atoms with Crippen LogP contribution in [-0.2, 0) is 11.4 Å². The van der Waals surface area contributed by atoms with E-state index in [4.69, 9.17) is 9.47 Å². The van der Waals surface area contributed by atoms with Gasteiger partial charge in [-0.3, -0.25) is 4.79 Å². The van der Waals surface area contributed by atoms with Gasteiger partial charge in [0.1, 0.15) is 18.1 Å². The predicted molar refractivity (Wildman–Crippen MR) is 117 cm³/mol. The van der Waals surface area contributed by atoms with E-state index in [1.165, 1.54) is 0 Å². The molecule has 0 aromatic heterocycles. The van der Waals surface area contributed by atoms with Crippen LogP contribution < -0.4 is 14.9 Å². The lowest BCUT2D eigenvalue weighted by Gasteiger charge is -2.09. The third-order valence-electron chi connectivity index (χ3n) is 4.00. The van der Waals surface area contributed by atoms with Gasteiger partial charge in [0.05, 0.1) is 10.7 Å². The number of nitrogens with zero attached hydrogens (tertiary/aromatic N) is 1. The third-order valence-corrected chi connectivity index (χ3v) is 4.61. The Bertz CT molecular complexity index is 990. The number of carbonyl (C=O) groups excluding carboxylic acids is 1. The average molecular weight is 453 g/mol. The smallest absolute Gasteiger partial charge is 0.277 e. The van der Waals surface area contributed by atoms with E-state index in [2.05, 4.69) is 26.5 Å². The second-order valence-electron chi connectivity index (χ2n) is 6.33. The van der Waals surface area contributed by atoms with Crippen molar-refractivity contribution in [2.24, 2.45) is 5.10 Å². The Morgan fingerprint density at radius 1 is 1.00 bits per heavy atom. The van der Waals surface area contributed by atoms with Crippen molar-refractivity contribution >= 4 is 28.1 Å². The molecule has 0 aliphatic carbocycles. The molecule has 0 unspecified atom stereocenters. The third kappa shape index (κ3) is 6.47. The summed E-state index contributed by atoms with van der Waals surface area (Å²) in [6, 6.07) is 23.1. The summed E-state index contributed by atoms with van der Waals surface area (Å²) in [5, 5.41) is 4.01. The number of aryl methyl sites for hydroxylation is 1. The highest BCUT2D eigenvalue weighted by atomic mass is 79.9. The molecular formula is C23H21BrN2O3. The van der Waals surface area contributed by atoms with Crippen molar-refractivity contribution in [2.45, 2.75) is 13.5 Å². The van der Waals surface area contributed by atoms with E-state index in [1.807, 2.05) is 79.7 Å². The lowest BCUT2D eigenvalue weighted by Crippen LogP contribution is -2.24. The molecule has 0 radical (unpaired) electrons. The SMILES string of the molecule is Cc1ccc(OCC(=O)NN=Cc2ccccc2OCc2ccccc2)c(Br)c1. The van der Waals surface area contributed by atoms with Crippen molar-refractivity contribution in [3.05, 3.63) is 94.0 Å². The maximum absolute atomic E-state index is 12.0. The Balaban J connectivity index is 1.52. The molecule has 3 aromatic carbocycles. The van der Waals surface area contributed by atoms with E-state index in [-0.39, 0.29) is 12.5 Å². The molecule has 1 amide bonds. The summed E-state index contributed by atoms with van der Waals surface area (Å²) in [6.45, 7) is 2.31. The van der Waals surface area contributed by atoms with Gasteiger partial charge in [-0.2, -0.15) is 5.10 Å². The summed E-state index contributed by atoms with van der Waals surface area (Å²) >= 11 is 3.42. The molecule has 29 heavy (non-hydrogen) atoms. The van der Waals surface area contributed by atoms with Gasteiger partial charge >= 0.3 is 0 Å². The van der Waals surface area contributed by atoms with Crippen molar-refractivity contribution in [3.8, 4) is 11.5 Å². The largest absolute Gasteiger partial charge is 0.488 e. The topological polar surface area (TPSA) is 59.9 Å². The summed E-state index contributed by atoms with van der Waals surface area (Å²) in [7, 11) is 0. The number of amides is 1. The van der Waals surface area contributed by atoms with Gasteiger partial charge in [0.25, 0.3) is 5.91 Å². The van der Waals surface area contributed by atoms with Gasteiger partial charge in [-0.25, -0.2) is 5.43 Å². The number of para-hydroxylation sites is 1. The van der Waals surface area contributed by atoms with Gasteiger partial charge in [-0.1, -0.05) is 48.5 Å². The number of hydrazone groups is 1. The van der Waals surface area contributed by atoms with E-state index in [0.29, 0.717) is 18.1 Å². The fourth-order valence-corrected chi connectivity index (χ4v) is 3.13. The van der Waals surface area contributed by atoms with Crippen LogP contribution in [0.1, 0.15) is 16.7 Å². The molecule has 148 valence electrons. The van der Waals surface area contributed by atoms with Crippen LogP contribution in [-0.4, -0.2) is 18.7 Å². The van der Waals surface area contributed by atoms with Gasteiger partial charge in [-0.15, -0.1) is 0 Å². The minimum absolute atomic E-state index is 0.134. The van der Waals surface area contributed by atoms with Crippen LogP contribution in [0, 0.1) is 6.92 Å². The second-order valence-corrected chi connectivity index (χ2v) is 7.18. The zero-order valence-corrected chi connectivity index (χ0v) is 17.6. The predicted octanol–water partition coefficient (Wildman–Crippen LogP) is 4.87. The summed E-state index contributed by atoms with van der Waals surface area (Å²) in [4.78, 5) is 12.0. The number of rotatable bonds is 8. The Hall–Kier alpha value is -3.12. The second kappa shape index (κ2) is 10.4. The minimum atomic E-state index is -0.351. The molecule has 6 heteroatoms. The average Bonchev–Trinajstić information content (AvgIpc) is 2.73. The normalized spacial score (nSPS) is 10.7. The van der Waals surface area contributed by atoms with Crippen LogP contribution in [0.2, 0.25) is 0 Å². The zero-order chi connectivity index (χ0) is 20.5. The summed E-state index contributed by atoms with van der Waals surface area (Å²) < 4.78 is 12.2. The molecule has 3 rings (SSSR count). The van der Waals surface area contributed by atoms with Crippen LogP contribution >= 0.6 is 15.9 Å². The molecule has 0 spiro atoms. The van der Waals surface area contributed by atoms with E-state index >= 15 is 0 Å². The van der Waals surface area contributed by atoms with E-state index in [0.717, 1.165) is 21.2 Å². The fraction of sp³-hybridized carbons (Fsp3) is 0.130. The minimum Gasteiger partial charge on any atom is -0.488 e. The number of benzene rings is 3. The van der Waals surface area contributed by atoms with Gasteiger partial charge in [0, 0.05) is 5.56 Å². The summed E-state index contributed by atoms with van der Waals surface area (Å²) in [5.74, 6) is 0.944. The lowest BCUT2D eigenvalue weighted by molar-refractivity contribution is -0.123. The maximum Gasteiger partial charge on any atom is 0.277 e. The molecule has 3 aromatic rings. The standard InChI is InChI=1S/C23H21BrN2O3/c1-17-11-12-22(20(24)13-17)29-16-23(27)26-25-14-19-9-5-6-10-21(19)28-15-18-7-3-2-4-8-18/h2-14H,15-16H2,1H3,(H,26,27). The molecule has 0 bridgehead atoms. The quantitative estimate of drug-likeness (QED) is 0.391. The number of hydrogen-bond acceptors (Lipinski definition) is 4. The number of nitrogens with one attached hydrogen (secondary N) is 1. The Kier molecular flexibility index (Phi) is 7.41. The van der Waals surface area contributed by atoms with Crippen LogP contribution in [0.15, 0.2) is 82.4 Å². The first-order chi connectivity index (χ1) is 14.1. The zero-order valence-electron chi connectivity index (χ0n) is 16.0. The van der Waals surface area contributed by atoms with Gasteiger partial charge in [0.2, 0.25) is 0 Å². The Morgan fingerprint density at radius 3 is 2.55 bits per heavy atom. The number of carbonyl (C=O) groups is 1. The van der Waals surface area contributed by atoms with Crippen LogP contribution in [0.25, 0.3) is 0 Å². The van der Waals surface area contributed by atoms with Gasteiger partial charge < -0.3 is 9.47 Å². The molecule has 0 heterocycles. The number of halogens is 1. The molecule has 0 saturated heterocycles. The number of hydrogen-bond donors (Lipinski definition) is 1. The molecular weight excluding hydrogens is 432 g/mol. The Morgan fingerprint density at radius 2 is 1.76 bits per heavy atom. The first-order valence-corrected chi connectivity index (χ1v) is 9.88. The first kappa shape index (κ1) is 20.6. The van der Waals surface area contributed by atoms with Crippen molar-refractivity contribution in [2.75, 3.05) is 6.61 Å². The summed E-state index contributed by atoms with van der Waals surface area (Å²) in [5.41, 5.74) is 5.42. The molecule has 0 fully saturated rings. The monoisotopic (exact) mass is 452 g/mol. The van der Waals surface area contributed by atoms with Crippen molar-refractivity contribution in [1.29, 1.82) is 0 Å². The van der Waals surface area contributed by atoms with Gasteiger partial charge in [-0.05, 0) is 58.2 Å². The van der Waals surface area contributed by atoms with Crippen molar-refractivity contribution in [1.82, 2.24) is 5.43 Å². The highest BCUT2D eigenvalue weighted by Gasteiger charge is 2.06. The summed E-state index contributed by atoms with van der Waals surface area (Å²) in [6.07, 6.45) is 1.56.